The fraction of sp³-hybridized carbons (Fsp3) is 0.308. The first-order chi connectivity index (χ1) is 8.69. The largest absolute Gasteiger partial charge is 0.493 e. The fourth-order valence-corrected chi connectivity index (χ4v) is 2.61. The van der Waals surface area contributed by atoms with Crippen LogP contribution in [-0.4, -0.2) is 11.6 Å². The van der Waals surface area contributed by atoms with E-state index >= 15 is 0 Å². The van der Waals surface area contributed by atoms with Crippen LogP contribution in [0.15, 0.2) is 23.6 Å². The van der Waals surface area contributed by atoms with Crippen molar-refractivity contribution >= 4 is 34.5 Å². The molecule has 0 atom stereocenters. The van der Waals surface area contributed by atoms with Crippen LogP contribution in [0.3, 0.4) is 0 Å². The summed E-state index contributed by atoms with van der Waals surface area (Å²) in [4.78, 5) is 4.38. The minimum Gasteiger partial charge on any atom is -0.493 e. The Kier molecular flexibility index (Phi) is 4.87. The van der Waals surface area contributed by atoms with Crippen molar-refractivity contribution in [3.8, 4) is 5.75 Å². The van der Waals surface area contributed by atoms with Crippen LogP contribution in [0.2, 0.25) is 5.02 Å². The van der Waals surface area contributed by atoms with Crippen LogP contribution in [0, 0.1) is 6.92 Å². The van der Waals surface area contributed by atoms with Crippen LogP contribution < -0.4 is 4.74 Å². The number of hydrogen-bond acceptors (Lipinski definition) is 3. The Bertz CT molecular complexity index is 527. The molecule has 1 aromatic heterocycles. The number of benzene rings is 1. The molecule has 2 rings (SSSR count). The first-order valence-electron chi connectivity index (χ1n) is 5.57. The number of halogens is 2. The SMILES string of the molecule is Cc1cc(OCCc2nc(CCl)cs2)ccc1Cl. The molecule has 0 saturated heterocycles. The van der Waals surface area contributed by atoms with Gasteiger partial charge in [0.1, 0.15) is 5.75 Å². The second-order valence-electron chi connectivity index (χ2n) is 3.88. The summed E-state index contributed by atoms with van der Waals surface area (Å²) in [5.74, 6) is 1.30. The number of nitrogens with zero attached hydrogens (tertiary/aromatic N) is 1. The lowest BCUT2D eigenvalue weighted by Crippen LogP contribution is -2.01. The maximum atomic E-state index is 5.95. The molecule has 0 radical (unpaired) electrons. The molecule has 0 amide bonds. The molecule has 0 aliphatic heterocycles. The molecule has 0 spiro atoms. The van der Waals surface area contributed by atoms with E-state index in [9.17, 15) is 0 Å². The second-order valence-corrected chi connectivity index (χ2v) is 5.49. The van der Waals surface area contributed by atoms with Crippen LogP contribution in [0.5, 0.6) is 5.75 Å². The van der Waals surface area contributed by atoms with Crippen LogP contribution in [0.25, 0.3) is 0 Å². The third kappa shape index (κ3) is 3.61. The molecule has 0 fully saturated rings. The van der Waals surface area contributed by atoms with E-state index in [1.165, 1.54) is 0 Å². The van der Waals surface area contributed by atoms with Gasteiger partial charge >= 0.3 is 0 Å². The topological polar surface area (TPSA) is 22.1 Å². The van der Waals surface area contributed by atoms with Gasteiger partial charge in [-0.3, -0.25) is 0 Å². The molecule has 0 aliphatic rings. The van der Waals surface area contributed by atoms with Crippen LogP contribution in [0.1, 0.15) is 16.3 Å². The molecule has 0 aliphatic carbocycles. The summed E-state index contributed by atoms with van der Waals surface area (Å²) < 4.78 is 5.66. The van der Waals surface area contributed by atoms with E-state index in [4.69, 9.17) is 27.9 Å². The summed E-state index contributed by atoms with van der Waals surface area (Å²) in [5.41, 5.74) is 1.95. The lowest BCUT2D eigenvalue weighted by molar-refractivity contribution is 0.321. The van der Waals surface area contributed by atoms with E-state index in [-0.39, 0.29) is 0 Å². The van der Waals surface area contributed by atoms with Gasteiger partial charge in [-0.2, -0.15) is 0 Å². The summed E-state index contributed by atoms with van der Waals surface area (Å²) in [6.07, 6.45) is 0.795. The van der Waals surface area contributed by atoms with Gasteiger partial charge in [0, 0.05) is 16.8 Å². The average molecular weight is 302 g/mol. The summed E-state index contributed by atoms with van der Waals surface area (Å²) in [7, 11) is 0. The zero-order valence-electron chi connectivity index (χ0n) is 9.95. The highest BCUT2D eigenvalue weighted by Crippen LogP contribution is 2.21. The Balaban J connectivity index is 1.86. The molecule has 0 saturated carbocycles. The fourth-order valence-electron chi connectivity index (χ4n) is 1.49. The zero-order chi connectivity index (χ0) is 13.0. The van der Waals surface area contributed by atoms with Gasteiger partial charge < -0.3 is 4.74 Å². The second kappa shape index (κ2) is 6.41. The molecule has 18 heavy (non-hydrogen) atoms. The summed E-state index contributed by atoms with van der Waals surface area (Å²) in [5, 5.41) is 3.79. The molecule has 96 valence electrons. The van der Waals surface area contributed by atoms with Crippen molar-refractivity contribution in [2.24, 2.45) is 0 Å². The van der Waals surface area contributed by atoms with Crippen molar-refractivity contribution in [2.45, 2.75) is 19.2 Å². The van der Waals surface area contributed by atoms with Crippen molar-refractivity contribution in [3.63, 3.8) is 0 Å². The number of thiazole rings is 1. The number of rotatable bonds is 5. The van der Waals surface area contributed by atoms with Gasteiger partial charge in [-0.05, 0) is 30.7 Å². The van der Waals surface area contributed by atoms with E-state index in [0.29, 0.717) is 12.5 Å². The maximum absolute atomic E-state index is 5.95. The Morgan fingerprint density at radius 1 is 1.39 bits per heavy atom. The predicted octanol–water partition coefficient (Wildman–Crippen LogP) is 4.47. The minimum atomic E-state index is 0.466. The molecule has 0 unspecified atom stereocenters. The molecular weight excluding hydrogens is 289 g/mol. The number of ether oxygens (including phenoxy) is 1. The van der Waals surface area contributed by atoms with Gasteiger partial charge in [-0.25, -0.2) is 4.98 Å². The quantitative estimate of drug-likeness (QED) is 0.760. The van der Waals surface area contributed by atoms with E-state index in [2.05, 4.69) is 4.98 Å². The Labute approximate surface area is 121 Å². The smallest absolute Gasteiger partial charge is 0.119 e. The minimum absolute atomic E-state index is 0.466. The Morgan fingerprint density at radius 3 is 2.89 bits per heavy atom. The number of hydrogen-bond donors (Lipinski definition) is 0. The van der Waals surface area contributed by atoms with Crippen molar-refractivity contribution in [3.05, 3.63) is 44.9 Å². The molecule has 1 heterocycles. The third-order valence-corrected chi connectivity index (χ3v) is 4.11. The van der Waals surface area contributed by atoms with Gasteiger partial charge in [-0.1, -0.05) is 11.6 Å². The molecule has 5 heteroatoms. The van der Waals surface area contributed by atoms with E-state index in [1.54, 1.807) is 11.3 Å². The van der Waals surface area contributed by atoms with Crippen LogP contribution >= 0.6 is 34.5 Å². The highest BCUT2D eigenvalue weighted by atomic mass is 35.5. The Morgan fingerprint density at radius 2 is 2.22 bits per heavy atom. The summed E-state index contributed by atoms with van der Waals surface area (Å²) >= 11 is 13.3. The lowest BCUT2D eigenvalue weighted by Gasteiger charge is -2.06. The van der Waals surface area contributed by atoms with Gasteiger partial charge in [0.15, 0.2) is 0 Å². The molecule has 0 bridgehead atoms. The van der Waals surface area contributed by atoms with E-state index < -0.39 is 0 Å². The first kappa shape index (κ1) is 13.7. The zero-order valence-corrected chi connectivity index (χ0v) is 12.3. The average Bonchev–Trinajstić information content (AvgIpc) is 2.82. The van der Waals surface area contributed by atoms with Gasteiger partial charge in [0.2, 0.25) is 0 Å². The predicted molar refractivity (Wildman–Crippen MR) is 77.1 cm³/mol. The first-order valence-corrected chi connectivity index (χ1v) is 7.36. The van der Waals surface area contributed by atoms with Crippen LogP contribution in [0.4, 0.5) is 0 Å². The van der Waals surface area contributed by atoms with Gasteiger partial charge in [0.25, 0.3) is 0 Å². The van der Waals surface area contributed by atoms with Crippen molar-refractivity contribution < 1.29 is 4.74 Å². The van der Waals surface area contributed by atoms with Crippen molar-refractivity contribution in [2.75, 3.05) is 6.61 Å². The lowest BCUT2D eigenvalue weighted by atomic mass is 10.2. The normalized spacial score (nSPS) is 10.6. The highest BCUT2D eigenvalue weighted by molar-refractivity contribution is 7.09. The van der Waals surface area contributed by atoms with Gasteiger partial charge in [-0.15, -0.1) is 22.9 Å². The maximum Gasteiger partial charge on any atom is 0.119 e. The highest BCUT2D eigenvalue weighted by Gasteiger charge is 2.02. The van der Waals surface area contributed by atoms with Crippen LogP contribution in [-0.2, 0) is 12.3 Å². The monoisotopic (exact) mass is 301 g/mol. The van der Waals surface area contributed by atoms with Crippen molar-refractivity contribution in [1.29, 1.82) is 0 Å². The van der Waals surface area contributed by atoms with Crippen molar-refractivity contribution in [1.82, 2.24) is 4.98 Å². The number of alkyl halides is 1. The summed E-state index contributed by atoms with van der Waals surface area (Å²) in [6, 6.07) is 5.66. The molecule has 1 aromatic carbocycles. The molecular formula is C13H13Cl2NOS. The number of aromatic nitrogens is 1. The third-order valence-electron chi connectivity index (χ3n) is 2.45. The van der Waals surface area contributed by atoms with Gasteiger partial charge in [0.05, 0.1) is 23.2 Å². The molecule has 2 aromatic rings. The summed E-state index contributed by atoms with van der Waals surface area (Å²) in [6.45, 7) is 2.57. The Hall–Kier alpha value is -0.770. The van der Waals surface area contributed by atoms with E-state index in [1.807, 2.05) is 30.5 Å². The van der Waals surface area contributed by atoms with E-state index in [0.717, 1.165) is 33.5 Å². The molecule has 2 nitrogen and oxygen atoms in total. The number of aryl methyl sites for hydroxylation is 1. The standard InChI is InChI=1S/C13H13Cl2NOS/c1-9-6-11(2-3-12(9)15)17-5-4-13-16-10(7-14)8-18-13/h2-3,6,8H,4-5,7H2,1H3. The molecule has 0 N–H and O–H groups in total.